The number of amides is 1. The summed E-state index contributed by atoms with van der Waals surface area (Å²) in [6.45, 7) is 5.17. The zero-order valence-electron chi connectivity index (χ0n) is 15.6. The molecule has 140 valence electrons. The van der Waals surface area contributed by atoms with Gasteiger partial charge in [0, 0.05) is 51.4 Å². The van der Waals surface area contributed by atoms with E-state index < -0.39 is 0 Å². The van der Waals surface area contributed by atoms with E-state index in [1.165, 1.54) is 51.5 Å². The van der Waals surface area contributed by atoms with Crippen LogP contribution in [0.3, 0.4) is 0 Å². The van der Waals surface area contributed by atoms with Crippen molar-refractivity contribution in [2.24, 2.45) is 5.92 Å². The van der Waals surface area contributed by atoms with Crippen molar-refractivity contribution >= 4 is 5.91 Å². The number of likely N-dealkylation sites (tertiary alicyclic amines) is 2. The van der Waals surface area contributed by atoms with Gasteiger partial charge in [0.25, 0.3) is 0 Å². The molecule has 1 aliphatic carbocycles. The fraction of sp³-hybridized carbons (Fsp3) is 0.857. The minimum Gasteiger partial charge on any atom is -0.381 e. The summed E-state index contributed by atoms with van der Waals surface area (Å²) in [5.74, 6) is 1.10. The van der Waals surface area contributed by atoms with Gasteiger partial charge in [-0.3, -0.25) is 9.69 Å². The topological polar surface area (TPSA) is 32.8 Å². The van der Waals surface area contributed by atoms with E-state index in [0.717, 1.165) is 45.6 Å². The van der Waals surface area contributed by atoms with Crippen LogP contribution in [0.1, 0.15) is 64.2 Å². The highest BCUT2D eigenvalue weighted by atomic mass is 16.5. The van der Waals surface area contributed by atoms with Gasteiger partial charge in [-0.15, -0.1) is 0 Å². The smallest absolute Gasteiger partial charge is 0.222 e. The highest BCUT2D eigenvalue weighted by Crippen LogP contribution is 2.34. The maximum atomic E-state index is 12.6. The molecule has 0 saturated carbocycles. The van der Waals surface area contributed by atoms with Gasteiger partial charge < -0.3 is 9.64 Å². The predicted octanol–water partition coefficient (Wildman–Crippen LogP) is 3.37. The van der Waals surface area contributed by atoms with Crippen LogP contribution in [-0.4, -0.2) is 60.6 Å². The van der Waals surface area contributed by atoms with Gasteiger partial charge in [-0.25, -0.2) is 0 Å². The van der Waals surface area contributed by atoms with Crippen LogP contribution in [0.15, 0.2) is 11.6 Å². The largest absolute Gasteiger partial charge is 0.381 e. The standard InChI is InChI=1S/C21H34N2O2/c24-21-7-6-18-16-22(19-10-14-25-15-11-19)12-9-20(18)23(21)13-8-17-4-2-1-3-5-17/h4,18-20H,1-3,5-16H2/t18-,20+/m0/s1. The predicted molar refractivity (Wildman–Crippen MR) is 99.4 cm³/mol. The van der Waals surface area contributed by atoms with E-state index in [4.69, 9.17) is 4.74 Å². The van der Waals surface area contributed by atoms with Crippen LogP contribution >= 0.6 is 0 Å². The molecule has 1 amide bonds. The van der Waals surface area contributed by atoms with Gasteiger partial charge in [0.2, 0.25) is 5.91 Å². The zero-order chi connectivity index (χ0) is 17.1. The first-order valence-corrected chi connectivity index (χ1v) is 10.6. The van der Waals surface area contributed by atoms with Crippen molar-refractivity contribution in [3.05, 3.63) is 11.6 Å². The maximum absolute atomic E-state index is 12.6. The van der Waals surface area contributed by atoms with Crippen molar-refractivity contribution < 1.29 is 9.53 Å². The van der Waals surface area contributed by atoms with E-state index in [-0.39, 0.29) is 0 Å². The van der Waals surface area contributed by atoms with Gasteiger partial charge in [-0.2, -0.15) is 0 Å². The average molecular weight is 347 g/mol. The normalized spacial score (nSPS) is 32.4. The van der Waals surface area contributed by atoms with Gasteiger partial charge in [0.05, 0.1) is 0 Å². The van der Waals surface area contributed by atoms with Gasteiger partial charge in [0.15, 0.2) is 0 Å². The summed E-state index contributed by atoms with van der Waals surface area (Å²) in [6.07, 6.45) is 14.1. The molecule has 3 fully saturated rings. The molecule has 0 N–H and O–H groups in total. The van der Waals surface area contributed by atoms with E-state index in [9.17, 15) is 4.79 Å². The second-order valence-electron chi connectivity index (χ2n) is 8.44. The van der Waals surface area contributed by atoms with E-state index in [0.29, 0.717) is 23.9 Å². The van der Waals surface area contributed by atoms with Gasteiger partial charge >= 0.3 is 0 Å². The highest BCUT2D eigenvalue weighted by molar-refractivity contribution is 5.77. The summed E-state index contributed by atoms with van der Waals surface area (Å²) in [6, 6.07) is 1.22. The SMILES string of the molecule is O=C1CC[C@H]2CN(C3CCOCC3)CC[C@H]2N1CCC1=CCCCC1. The molecule has 0 aromatic heterocycles. The molecular formula is C21H34N2O2. The number of hydrogen-bond donors (Lipinski definition) is 0. The summed E-state index contributed by atoms with van der Waals surface area (Å²) >= 11 is 0. The Morgan fingerprint density at radius 2 is 1.96 bits per heavy atom. The fourth-order valence-corrected chi connectivity index (χ4v) is 5.45. The molecule has 4 nitrogen and oxygen atoms in total. The Hall–Kier alpha value is -0.870. The van der Waals surface area contributed by atoms with Crippen LogP contribution in [-0.2, 0) is 9.53 Å². The molecule has 2 atom stereocenters. The third-order valence-corrected chi connectivity index (χ3v) is 6.94. The molecule has 3 aliphatic heterocycles. The van der Waals surface area contributed by atoms with Crippen molar-refractivity contribution in [1.82, 2.24) is 9.80 Å². The lowest BCUT2D eigenvalue weighted by molar-refractivity contribution is -0.141. The zero-order valence-corrected chi connectivity index (χ0v) is 15.6. The third kappa shape index (κ3) is 4.11. The van der Waals surface area contributed by atoms with Gasteiger partial charge in [-0.05, 0) is 63.7 Å². The number of nitrogens with zero attached hydrogens (tertiary/aromatic N) is 2. The van der Waals surface area contributed by atoms with Crippen molar-refractivity contribution in [3.8, 4) is 0 Å². The molecule has 0 unspecified atom stereocenters. The number of ether oxygens (including phenoxy) is 1. The number of carbonyl (C=O) groups excluding carboxylic acids is 1. The average Bonchev–Trinajstić information content (AvgIpc) is 2.68. The summed E-state index contributed by atoms with van der Waals surface area (Å²) in [5, 5.41) is 0. The minimum atomic E-state index is 0.414. The summed E-state index contributed by atoms with van der Waals surface area (Å²) in [5.41, 5.74) is 1.60. The number of allylic oxidation sites excluding steroid dienone is 1. The van der Waals surface area contributed by atoms with E-state index in [1.807, 2.05) is 0 Å². The molecular weight excluding hydrogens is 312 g/mol. The molecule has 3 saturated heterocycles. The van der Waals surface area contributed by atoms with E-state index in [2.05, 4.69) is 15.9 Å². The Kier molecular flexibility index (Phi) is 5.76. The summed E-state index contributed by atoms with van der Waals surface area (Å²) in [7, 11) is 0. The molecule has 0 radical (unpaired) electrons. The molecule has 0 spiro atoms. The Labute approximate surface area is 152 Å². The monoisotopic (exact) mass is 346 g/mol. The molecule has 0 aromatic rings. The Morgan fingerprint density at radius 3 is 2.76 bits per heavy atom. The minimum absolute atomic E-state index is 0.414. The Morgan fingerprint density at radius 1 is 1.08 bits per heavy atom. The lowest BCUT2D eigenvalue weighted by Gasteiger charge is -2.49. The number of piperidine rings is 2. The van der Waals surface area contributed by atoms with Crippen LogP contribution in [0.5, 0.6) is 0 Å². The lowest BCUT2D eigenvalue weighted by Crippen LogP contribution is -2.58. The van der Waals surface area contributed by atoms with Crippen molar-refractivity contribution in [3.63, 3.8) is 0 Å². The van der Waals surface area contributed by atoms with Crippen LogP contribution in [0.4, 0.5) is 0 Å². The van der Waals surface area contributed by atoms with E-state index >= 15 is 0 Å². The van der Waals surface area contributed by atoms with Crippen LogP contribution in [0.2, 0.25) is 0 Å². The Bertz CT molecular complexity index is 498. The Balaban J connectivity index is 1.35. The van der Waals surface area contributed by atoms with Gasteiger partial charge in [0.1, 0.15) is 0 Å². The molecule has 0 aromatic carbocycles. The highest BCUT2D eigenvalue weighted by Gasteiger charge is 2.40. The second kappa shape index (κ2) is 8.22. The van der Waals surface area contributed by atoms with Crippen LogP contribution in [0, 0.1) is 5.92 Å². The van der Waals surface area contributed by atoms with E-state index in [1.54, 1.807) is 5.57 Å². The van der Waals surface area contributed by atoms with Crippen molar-refractivity contribution in [2.45, 2.75) is 76.3 Å². The lowest BCUT2D eigenvalue weighted by atomic mass is 9.82. The number of rotatable bonds is 4. The molecule has 25 heavy (non-hydrogen) atoms. The van der Waals surface area contributed by atoms with Crippen molar-refractivity contribution in [2.75, 3.05) is 32.8 Å². The van der Waals surface area contributed by atoms with Crippen LogP contribution in [0.25, 0.3) is 0 Å². The maximum Gasteiger partial charge on any atom is 0.222 e. The summed E-state index contributed by atoms with van der Waals surface area (Å²) < 4.78 is 5.53. The van der Waals surface area contributed by atoms with Crippen LogP contribution < -0.4 is 0 Å². The van der Waals surface area contributed by atoms with Gasteiger partial charge in [-0.1, -0.05) is 11.6 Å². The van der Waals surface area contributed by atoms with Crippen molar-refractivity contribution in [1.29, 1.82) is 0 Å². The first-order valence-electron chi connectivity index (χ1n) is 10.6. The fourth-order valence-electron chi connectivity index (χ4n) is 5.45. The number of carbonyl (C=O) groups is 1. The quantitative estimate of drug-likeness (QED) is 0.732. The second-order valence-corrected chi connectivity index (χ2v) is 8.44. The number of fused-ring (bicyclic) bond motifs is 1. The first kappa shape index (κ1) is 17.5. The molecule has 4 aliphatic rings. The molecule has 4 rings (SSSR count). The summed E-state index contributed by atoms with van der Waals surface area (Å²) in [4.78, 5) is 17.6. The third-order valence-electron chi connectivity index (χ3n) is 6.94. The molecule has 3 heterocycles. The molecule has 4 heteroatoms. The number of hydrogen-bond acceptors (Lipinski definition) is 3. The first-order chi connectivity index (χ1) is 12.3. The molecule has 0 bridgehead atoms.